The molecule has 0 aromatic heterocycles. The second-order valence-electron chi connectivity index (χ2n) is 4.08. The van der Waals surface area contributed by atoms with Crippen LogP contribution in [0, 0.1) is 0 Å². The van der Waals surface area contributed by atoms with Crippen molar-refractivity contribution in [3.8, 4) is 5.75 Å². The number of hydrogen-bond donors (Lipinski definition) is 3. The molecule has 2 aromatic rings. The van der Waals surface area contributed by atoms with E-state index >= 15 is 0 Å². The molecule has 0 aliphatic carbocycles. The molecule has 0 spiro atoms. The number of nitrogen functional groups attached to an aromatic ring is 1. The summed E-state index contributed by atoms with van der Waals surface area (Å²) in [5.74, 6) is -0.315. The van der Waals surface area contributed by atoms with Crippen LogP contribution in [0.5, 0.6) is 5.75 Å². The van der Waals surface area contributed by atoms with Crippen molar-refractivity contribution in [1.82, 2.24) is 0 Å². The van der Waals surface area contributed by atoms with Crippen molar-refractivity contribution in [3.63, 3.8) is 0 Å². The van der Waals surface area contributed by atoms with Crippen LogP contribution in [0.2, 0.25) is 0 Å². The van der Waals surface area contributed by atoms with Gasteiger partial charge in [0.05, 0.1) is 28.5 Å². The molecule has 0 aliphatic rings. The van der Waals surface area contributed by atoms with E-state index in [-0.39, 0.29) is 5.56 Å². The van der Waals surface area contributed by atoms with Crippen LogP contribution in [0.4, 0.5) is 17.1 Å². The summed E-state index contributed by atoms with van der Waals surface area (Å²) in [6.07, 6.45) is 0. The second kappa shape index (κ2) is 5.83. The number of ether oxygens (including phenoxy) is 1. The molecule has 0 aliphatic heterocycles. The van der Waals surface area contributed by atoms with E-state index in [1.807, 2.05) is 18.2 Å². The van der Waals surface area contributed by atoms with Gasteiger partial charge in [0.15, 0.2) is 0 Å². The van der Waals surface area contributed by atoms with Gasteiger partial charge >= 0.3 is 5.97 Å². The first kappa shape index (κ1) is 14.2. The molecule has 0 bridgehead atoms. The van der Waals surface area contributed by atoms with Crippen molar-refractivity contribution in [3.05, 3.63) is 46.4 Å². The van der Waals surface area contributed by atoms with E-state index in [1.165, 1.54) is 12.1 Å². The third-order valence-corrected chi connectivity index (χ3v) is 3.38. The molecular weight excluding hydrogens is 324 g/mol. The summed E-state index contributed by atoms with van der Waals surface area (Å²) < 4.78 is 6.06. The number of anilines is 3. The highest BCUT2D eigenvalue weighted by atomic mass is 79.9. The van der Waals surface area contributed by atoms with E-state index in [4.69, 9.17) is 15.6 Å². The van der Waals surface area contributed by atoms with Crippen molar-refractivity contribution in [1.29, 1.82) is 0 Å². The number of aromatic carboxylic acids is 1. The second-order valence-corrected chi connectivity index (χ2v) is 4.94. The first-order valence-corrected chi connectivity index (χ1v) is 6.54. The highest BCUT2D eigenvalue weighted by molar-refractivity contribution is 9.10. The van der Waals surface area contributed by atoms with Gasteiger partial charge in [-0.2, -0.15) is 0 Å². The number of benzene rings is 2. The number of nitrogens with one attached hydrogen (secondary N) is 1. The summed E-state index contributed by atoms with van der Waals surface area (Å²) in [4.78, 5) is 10.8. The Labute approximate surface area is 124 Å². The first-order chi connectivity index (χ1) is 9.51. The molecule has 0 unspecified atom stereocenters. The average Bonchev–Trinajstić information content (AvgIpc) is 2.42. The summed E-state index contributed by atoms with van der Waals surface area (Å²) in [5, 5.41) is 12.0. The maximum Gasteiger partial charge on any atom is 0.335 e. The SMILES string of the molecule is COc1cc(Nc2ccc(C(=O)O)cc2N)ccc1Br. The first-order valence-electron chi connectivity index (χ1n) is 5.74. The minimum atomic E-state index is -1.01. The van der Waals surface area contributed by atoms with Crippen molar-refractivity contribution in [2.24, 2.45) is 0 Å². The van der Waals surface area contributed by atoms with Gasteiger partial charge in [0.2, 0.25) is 0 Å². The van der Waals surface area contributed by atoms with Crippen molar-refractivity contribution < 1.29 is 14.6 Å². The van der Waals surface area contributed by atoms with Gasteiger partial charge < -0.3 is 20.9 Å². The Balaban J connectivity index is 2.28. The fourth-order valence-corrected chi connectivity index (χ4v) is 2.11. The monoisotopic (exact) mass is 336 g/mol. The van der Waals surface area contributed by atoms with Gasteiger partial charge in [-0.15, -0.1) is 0 Å². The number of rotatable bonds is 4. The van der Waals surface area contributed by atoms with Gasteiger partial charge in [-0.3, -0.25) is 0 Å². The van der Waals surface area contributed by atoms with Crippen LogP contribution in [0.25, 0.3) is 0 Å². The number of carboxylic acid groups (broad SMARTS) is 1. The normalized spacial score (nSPS) is 10.1. The number of halogens is 1. The third kappa shape index (κ3) is 3.03. The molecule has 2 aromatic carbocycles. The highest BCUT2D eigenvalue weighted by Crippen LogP contribution is 2.31. The van der Waals surface area contributed by atoms with Crippen LogP contribution in [-0.2, 0) is 0 Å². The smallest absolute Gasteiger partial charge is 0.335 e. The Morgan fingerprint density at radius 1 is 1.30 bits per heavy atom. The molecule has 0 saturated heterocycles. The van der Waals surface area contributed by atoms with Gasteiger partial charge in [0.1, 0.15) is 5.75 Å². The molecule has 0 heterocycles. The standard InChI is InChI=1S/C14H13BrN2O3/c1-20-13-7-9(3-4-10(13)15)17-12-5-2-8(14(18)19)6-11(12)16/h2-7,17H,16H2,1H3,(H,18,19). The molecule has 0 amide bonds. The van der Waals surface area contributed by atoms with Crippen LogP contribution < -0.4 is 15.8 Å². The number of hydrogen-bond acceptors (Lipinski definition) is 4. The zero-order valence-corrected chi connectivity index (χ0v) is 12.3. The fraction of sp³-hybridized carbons (Fsp3) is 0.0714. The average molecular weight is 337 g/mol. The molecule has 0 radical (unpaired) electrons. The Morgan fingerprint density at radius 2 is 2.05 bits per heavy atom. The number of nitrogens with two attached hydrogens (primary N) is 1. The van der Waals surface area contributed by atoms with Crippen molar-refractivity contribution in [2.45, 2.75) is 0 Å². The Kier molecular flexibility index (Phi) is 4.14. The van der Waals surface area contributed by atoms with Gasteiger partial charge in [-0.25, -0.2) is 4.79 Å². The van der Waals surface area contributed by atoms with Gasteiger partial charge in [0, 0.05) is 11.8 Å². The molecule has 104 valence electrons. The quantitative estimate of drug-likeness (QED) is 0.744. The van der Waals surface area contributed by atoms with Crippen molar-refractivity contribution >= 4 is 39.0 Å². The van der Waals surface area contributed by atoms with Crippen LogP contribution in [0.15, 0.2) is 40.9 Å². The number of carbonyl (C=O) groups is 1. The van der Waals surface area contributed by atoms with Crippen LogP contribution in [-0.4, -0.2) is 18.2 Å². The minimum absolute atomic E-state index is 0.154. The van der Waals surface area contributed by atoms with Crippen LogP contribution >= 0.6 is 15.9 Å². The largest absolute Gasteiger partial charge is 0.495 e. The molecule has 0 fully saturated rings. The Morgan fingerprint density at radius 3 is 2.65 bits per heavy atom. The summed E-state index contributed by atoms with van der Waals surface area (Å²) >= 11 is 3.37. The maximum absolute atomic E-state index is 10.8. The Bertz CT molecular complexity index is 659. The van der Waals surface area contributed by atoms with Crippen molar-refractivity contribution in [2.75, 3.05) is 18.2 Å². The van der Waals surface area contributed by atoms with E-state index in [0.717, 1.165) is 10.2 Å². The summed E-state index contributed by atoms with van der Waals surface area (Å²) in [5.41, 5.74) is 7.79. The maximum atomic E-state index is 10.8. The van der Waals surface area contributed by atoms with E-state index in [2.05, 4.69) is 21.2 Å². The lowest BCUT2D eigenvalue weighted by molar-refractivity contribution is 0.0697. The van der Waals surface area contributed by atoms with Gasteiger partial charge in [-0.1, -0.05) is 0 Å². The van der Waals surface area contributed by atoms with Crippen LogP contribution in [0.3, 0.4) is 0 Å². The molecule has 4 N–H and O–H groups in total. The molecule has 0 saturated carbocycles. The number of methoxy groups -OCH3 is 1. The molecule has 6 heteroatoms. The Hall–Kier alpha value is -2.21. The predicted molar refractivity (Wildman–Crippen MR) is 81.8 cm³/mol. The lowest BCUT2D eigenvalue weighted by Crippen LogP contribution is -2.01. The molecule has 5 nitrogen and oxygen atoms in total. The zero-order chi connectivity index (χ0) is 14.7. The highest BCUT2D eigenvalue weighted by Gasteiger charge is 2.07. The predicted octanol–water partition coefficient (Wildman–Crippen LogP) is 3.48. The molecule has 2 rings (SSSR count). The molecular formula is C14H13BrN2O3. The zero-order valence-electron chi connectivity index (χ0n) is 10.7. The summed E-state index contributed by atoms with van der Waals surface area (Å²) in [7, 11) is 1.58. The third-order valence-electron chi connectivity index (χ3n) is 2.73. The van der Waals surface area contributed by atoms with Gasteiger partial charge in [0.25, 0.3) is 0 Å². The van der Waals surface area contributed by atoms with Crippen LogP contribution in [0.1, 0.15) is 10.4 Å². The fourth-order valence-electron chi connectivity index (χ4n) is 1.70. The minimum Gasteiger partial charge on any atom is -0.495 e. The lowest BCUT2D eigenvalue weighted by atomic mass is 10.1. The molecule has 0 atom stereocenters. The number of carboxylic acids is 1. The van der Waals surface area contributed by atoms with E-state index < -0.39 is 5.97 Å². The van der Waals surface area contributed by atoms with Gasteiger partial charge in [-0.05, 0) is 46.3 Å². The van der Waals surface area contributed by atoms with E-state index in [0.29, 0.717) is 17.1 Å². The van der Waals surface area contributed by atoms with E-state index in [9.17, 15) is 4.79 Å². The lowest BCUT2D eigenvalue weighted by Gasteiger charge is -2.12. The topological polar surface area (TPSA) is 84.6 Å². The van der Waals surface area contributed by atoms with E-state index in [1.54, 1.807) is 13.2 Å². The summed E-state index contributed by atoms with van der Waals surface area (Å²) in [6.45, 7) is 0. The summed E-state index contributed by atoms with van der Waals surface area (Å²) in [6, 6.07) is 10.1. The molecule has 20 heavy (non-hydrogen) atoms.